The van der Waals surface area contributed by atoms with Crippen LogP contribution in [0.15, 0.2) is 48.5 Å². The first-order chi connectivity index (χ1) is 10.1. The van der Waals surface area contributed by atoms with Crippen LogP contribution in [-0.4, -0.2) is 19.1 Å². The fraction of sp³-hybridized carbons (Fsp3) is 0.0667. The molecule has 0 aliphatic rings. The van der Waals surface area contributed by atoms with Crippen molar-refractivity contribution in [1.82, 2.24) is 0 Å². The van der Waals surface area contributed by atoms with Gasteiger partial charge in [-0.1, -0.05) is 24.3 Å². The lowest BCUT2D eigenvalue weighted by Gasteiger charge is -2.11. The Kier molecular flexibility index (Phi) is 4.40. The number of hydrogen-bond donors (Lipinski definition) is 2. The highest BCUT2D eigenvalue weighted by Crippen LogP contribution is 2.23. The summed E-state index contributed by atoms with van der Waals surface area (Å²) in [5.74, 6) is -0.722. The first-order valence-corrected chi connectivity index (χ1v) is 6.12. The molecule has 0 radical (unpaired) electrons. The molecule has 6 nitrogen and oxygen atoms in total. The lowest BCUT2D eigenvalue weighted by molar-refractivity contribution is -0.255. The zero-order valence-corrected chi connectivity index (χ0v) is 11.3. The van der Waals surface area contributed by atoms with Gasteiger partial charge in [-0.2, -0.15) is 0 Å². The van der Waals surface area contributed by atoms with Crippen molar-refractivity contribution in [3.05, 3.63) is 54.1 Å². The van der Waals surface area contributed by atoms with Gasteiger partial charge >= 0.3 is 6.03 Å². The fourth-order valence-electron chi connectivity index (χ4n) is 1.72. The highest BCUT2D eigenvalue weighted by molar-refractivity contribution is 6.00. The maximum Gasteiger partial charge on any atom is 0.323 e. The smallest absolute Gasteiger partial charge is 0.323 e. The SMILES string of the molecule is COc1ccccc1NC(=O)Nc1ccc(C(=O)[O-])cc1. The van der Waals surface area contributed by atoms with Crippen molar-refractivity contribution in [2.75, 3.05) is 17.7 Å². The molecule has 0 atom stereocenters. The van der Waals surface area contributed by atoms with E-state index in [0.29, 0.717) is 17.1 Å². The van der Waals surface area contributed by atoms with Crippen molar-refractivity contribution in [3.63, 3.8) is 0 Å². The number of ether oxygens (including phenoxy) is 1. The van der Waals surface area contributed by atoms with Crippen LogP contribution in [0.5, 0.6) is 5.75 Å². The second-order valence-corrected chi connectivity index (χ2v) is 4.14. The number of urea groups is 1. The van der Waals surface area contributed by atoms with Crippen molar-refractivity contribution in [2.45, 2.75) is 0 Å². The summed E-state index contributed by atoms with van der Waals surface area (Å²) < 4.78 is 5.12. The maximum absolute atomic E-state index is 11.9. The molecule has 0 aliphatic carbocycles. The van der Waals surface area contributed by atoms with E-state index in [4.69, 9.17) is 4.74 Å². The topological polar surface area (TPSA) is 90.5 Å². The van der Waals surface area contributed by atoms with Crippen molar-refractivity contribution in [2.24, 2.45) is 0 Å². The Morgan fingerprint density at radius 1 is 1.00 bits per heavy atom. The average molecular weight is 285 g/mol. The van der Waals surface area contributed by atoms with E-state index in [-0.39, 0.29) is 5.56 Å². The predicted octanol–water partition coefficient (Wildman–Crippen LogP) is 1.70. The number of benzene rings is 2. The van der Waals surface area contributed by atoms with Gasteiger partial charge in [0.05, 0.1) is 18.8 Å². The van der Waals surface area contributed by atoms with Crippen molar-refractivity contribution in [1.29, 1.82) is 0 Å². The zero-order chi connectivity index (χ0) is 15.2. The molecule has 0 bridgehead atoms. The molecule has 0 saturated heterocycles. The molecule has 108 valence electrons. The first-order valence-electron chi connectivity index (χ1n) is 6.12. The molecule has 2 aromatic carbocycles. The predicted molar refractivity (Wildman–Crippen MR) is 76.4 cm³/mol. The minimum absolute atomic E-state index is 0.0469. The Morgan fingerprint density at radius 2 is 1.67 bits per heavy atom. The molecule has 0 spiro atoms. The van der Waals surface area contributed by atoms with Gasteiger partial charge < -0.3 is 25.3 Å². The molecule has 2 rings (SSSR count). The van der Waals surface area contributed by atoms with Gasteiger partial charge in [-0.15, -0.1) is 0 Å². The van der Waals surface area contributed by atoms with E-state index in [9.17, 15) is 14.7 Å². The lowest BCUT2D eigenvalue weighted by atomic mass is 10.2. The minimum Gasteiger partial charge on any atom is -0.545 e. The second-order valence-electron chi connectivity index (χ2n) is 4.14. The van der Waals surface area contributed by atoms with E-state index in [0.717, 1.165) is 0 Å². The molecule has 2 amide bonds. The summed E-state index contributed by atoms with van der Waals surface area (Å²) in [7, 11) is 1.51. The van der Waals surface area contributed by atoms with Gasteiger partial charge in [0, 0.05) is 5.69 Å². The van der Waals surface area contributed by atoms with Crippen LogP contribution in [0.25, 0.3) is 0 Å². The van der Waals surface area contributed by atoms with E-state index in [2.05, 4.69) is 10.6 Å². The van der Waals surface area contributed by atoms with E-state index in [1.807, 2.05) is 0 Å². The van der Waals surface area contributed by atoms with E-state index in [1.54, 1.807) is 24.3 Å². The number of anilines is 2. The summed E-state index contributed by atoms with van der Waals surface area (Å²) in [6, 6.07) is 12.2. The lowest BCUT2D eigenvalue weighted by Crippen LogP contribution is -2.22. The number of nitrogens with one attached hydrogen (secondary N) is 2. The number of hydrogen-bond acceptors (Lipinski definition) is 4. The number of carbonyl (C=O) groups excluding carboxylic acids is 2. The summed E-state index contributed by atoms with van der Waals surface area (Å²) in [4.78, 5) is 22.5. The van der Waals surface area contributed by atoms with Gasteiger partial charge in [-0.05, 0) is 29.8 Å². The molecule has 0 aromatic heterocycles. The van der Waals surface area contributed by atoms with Crippen LogP contribution >= 0.6 is 0 Å². The number of para-hydroxylation sites is 2. The highest BCUT2D eigenvalue weighted by Gasteiger charge is 2.06. The summed E-state index contributed by atoms with van der Waals surface area (Å²) in [6.07, 6.45) is 0. The van der Waals surface area contributed by atoms with Gasteiger partial charge in [-0.25, -0.2) is 4.79 Å². The van der Waals surface area contributed by atoms with Crippen LogP contribution < -0.4 is 20.5 Å². The molecule has 0 heterocycles. The van der Waals surface area contributed by atoms with Gasteiger partial charge in [-0.3, -0.25) is 0 Å². The molecule has 0 saturated carbocycles. The number of rotatable bonds is 4. The number of aromatic carboxylic acids is 1. The Balaban J connectivity index is 2.03. The largest absolute Gasteiger partial charge is 0.545 e. The minimum atomic E-state index is -1.26. The van der Waals surface area contributed by atoms with Gasteiger partial charge in [0.1, 0.15) is 5.75 Å². The number of carboxylic acid groups (broad SMARTS) is 1. The maximum atomic E-state index is 11.9. The average Bonchev–Trinajstić information content (AvgIpc) is 2.48. The molecular formula is C15H13N2O4-. The summed E-state index contributed by atoms with van der Waals surface area (Å²) >= 11 is 0. The van der Waals surface area contributed by atoms with Crippen LogP contribution in [0.2, 0.25) is 0 Å². The Hall–Kier alpha value is -3.02. The van der Waals surface area contributed by atoms with Crippen molar-refractivity contribution < 1.29 is 19.4 Å². The van der Waals surface area contributed by atoms with Crippen LogP contribution in [0.4, 0.5) is 16.2 Å². The molecule has 2 aromatic rings. The molecule has 2 N–H and O–H groups in total. The first kappa shape index (κ1) is 14.4. The van der Waals surface area contributed by atoms with Gasteiger partial charge in [0.25, 0.3) is 0 Å². The van der Waals surface area contributed by atoms with Gasteiger partial charge in [0.15, 0.2) is 0 Å². The van der Waals surface area contributed by atoms with Crippen LogP contribution in [0.1, 0.15) is 10.4 Å². The third kappa shape index (κ3) is 3.73. The van der Waals surface area contributed by atoms with E-state index < -0.39 is 12.0 Å². The van der Waals surface area contributed by atoms with E-state index in [1.165, 1.54) is 31.4 Å². The molecule has 0 aliphatic heterocycles. The van der Waals surface area contributed by atoms with Gasteiger partial charge in [0.2, 0.25) is 0 Å². The fourth-order valence-corrected chi connectivity index (χ4v) is 1.72. The Morgan fingerprint density at radius 3 is 2.29 bits per heavy atom. The van der Waals surface area contributed by atoms with Crippen LogP contribution in [-0.2, 0) is 0 Å². The number of amides is 2. The monoisotopic (exact) mass is 285 g/mol. The molecule has 0 unspecified atom stereocenters. The number of carbonyl (C=O) groups is 2. The van der Waals surface area contributed by atoms with Crippen LogP contribution in [0.3, 0.4) is 0 Å². The molecule has 6 heteroatoms. The quantitative estimate of drug-likeness (QED) is 0.894. The standard InChI is InChI=1S/C15H14N2O4/c1-21-13-5-3-2-4-12(13)17-15(20)16-11-8-6-10(7-9-11)14(18)19/h2-9H,1H3,(H,18,19)(H2,16,17,20)/p-1. The number of methoxy groups -OCH3 is 1. The zero-order valence-electron chi connectivity index (χ0n) is 11.3. The van der Waals surface area contributed by atoms with Crippen molar-refractivity contribution in [3.8, 4) is 5.75 Å². The number of carboxylic acids is 1. The van der Waals surface area contributed by atoms with Crippen molar-refractivity contribution >= 4 is 23.4 Å². The van der Waals surface area contributed by atoms with E-state index >= 15 is 0 Å². The van der Waals surface area contributed by atoms with Crippen LogP contribution in [0, 0.1) is 0 Å². The normalized spacial score (nSPS) is 9.76. The Bertz CT molecular complexity index is 653. The molecule has 0 fully saturated rings. The second kappa shape index (κ2) is 6.42. The third-order valence-electron chi connectivity index (χ3n) is 2.73. The summed E-state index contributed by atoms with van der Waals surface area (Å²) in [5.41, 5.74) is 1.04. The summed E-state index contributed by atoms with van der Waals surface area (Å²) in [6.45, 7) is 0. The summed E-state index contributed by atoms with van der Waals surface area (Å²) in [5, 5.41) is 15.9. The molecule has 21 heavy (non-hydrogen) atoms. The highest BCUT2D eigenvalue weighted by atomic mass is 16.5. The third-order valence-corrected chi connectivity index (χ3v) is 2.73. The Labute approximate surface area is 121 Å². The molecular weight excluding hydrogens is 272 g/mol.